The number of rotatable bonds is 3. The molecule has 0 saturated heterocycles. The first-order valence-corrected chi connectivity index (χ1v) is 7.85. The van der Waals surface area contributed by atoms with Crippen LogP contribution in [0, 0.1) is 13.8 Å². The molecule has 1 amide bonds. The summed E-state index contributed by atoms with van der Waals surface area (Å²) in [5.74, 6) is 1.01. The van der Waals surface area contributed by atoms with Crippen molar-refractivity contribution in [2.75, 3.05) is 11.9 Å². The van der Waals surface area contributed by atoms with Gasteiger partial charge in [-0.3, -0.25) is 9.69 Å². The third-order valence-electron chi connectivity index (χ3n) is 3.96. The highest BCUT2D eigenvalue weighted by molar-refractivity contribution is 7.15. The number of carbonyl (C=O) groups excluding carboxylic acids is 1. The Morgan fingerprint density at radius 1 is 1.43 bits per heavy atom. The van der Waals surface area contributed by atoms with Gasteiger partial charge in [0.2, 0.25) is 5.91 Å². The van der Waals surface area contributed by atoms with E-state index in [1.165, 1.54) is 11.3 Å². The summed E-state index contributed by atoms with van der Waals surface area (Å²) < 4.78 is 2.13. The van der Waals surface area contributed by atoms with E-state index in [2.05, 4.69) is 24.8 Å². The summed E-state index contributed by atoms with van der Waals surface area (Å²) in [6.45, 7) is 8.33. The van der Waals surface area contributed by atoms with Crippen molar-refractivity contribution < 1.29 is 4.79 Å². The molecule has 0 bridgehead atoms. The first kappa shape index (κ1) is 14.2. The fourth-order valence-electron chi connectivity index (χ4n) is 2.42. The standard InChI is InChI=1S/C14H19N5OS/c1-9-11(3)21-14(16-9)17-13(20)10(2)19-7-6-18-5-4-15-12(18)8-19/h4-5,10H,6-8H2,1-3H3,(H,16,17,20)/t10-/m1/s1. The van der Waals surface area contributed by atoms with Gasteiger partial charge in [-0.05, 0) is 20.8 Å². The molecule has 6 nitrogen and oxygen atoms in total. The second-order valence-corrected chi connectivity index (χ2v) is 6.54. The van der Waals surface area contributed by atoms with Crippen LogP contribution in [0.1, 0.15) is 23.3 Å². The van der Waals surface area contributed by atoms with Gasteiger partial charge in [0.1, 0.15) is 5.82 Å². The van der Waals surface area contributed by atoms with E-state index in [1.54, 1.807) is 0 Å². The number of hydrogen-bond donors (Lipinski definition) is 1. The molecule has 112 valence electrons. The molecule has 1 aliphatic rings. The molecule has 0 spiro atoms. The van der Waals surface area contributed by atoms with E-state index in [0.717, 1.165) is 29.5 Å². The molecule has 2 aromatic rings. The zero-order valence-corrected chi connectivity index (χ0v) is 13.3. The number of imidazole rings is 1. The first-order chi connectivity index (χ1) is 10.0. The quantitative estimate of drug-likeness (QED) is 0.939. The van der Waals surface area contributed by atoms with Crippen LogP contribution >= 0.6 is 11.3 Å². The number of amides is 1. The Morgan fingerprint density at radius 2 is 2.24 bits per heavy atom. The Hall–Kier alpha value is -1.73. The molecule has 0 aliphatic carbocycles. The van der Waals surface area contributed by atoms with Crippen LogP contribution in [0.2, 0.25) is 0 Å². The molecule has 7 heteroatoms. The molecule has 1 N–H and O–H groups in total. The zero-order valence-electron chi connectivity index (χ0n) is 12.5. The minimum absolute atomic E-state index is 0.0104. The fourth-order valence-corrected chi connectivity index (χ4v) is 3.24. The minimum Gasteiger partial charge on any atom is -0.333 e. The molecule has 0 fully saturated rings. The Bertz CT molecular complexity index is 643. The summed E-state index contributed by atoms with van der Waals surface area (Å²) >= 11 is 1.52. The van der Waals surface area contributed by atoms with E-state index >= 15 is 0 Å². The van der Waals surface area contributed by atoms with Gasteiger partial charge in [0.15, 0.2) is 5.13 Å². The number of hydrogen-bond acceptors (Lipinski definition) is 5. The molecule has 0 saturated carbocycles. The number of anilines is 1. The van der Waals surface area contributed by atoms with E-state index in [4.69, 9.17) is 0 Å². The number of nitrogens with zero attached hydrogens (tertiary/aromatic N) is 4. The van der Waals surface area contributed by atoms with Gasteiger partial charge < -0.3 is 9.88 Å². The minimum atomic E-state index is -0.194. The van der Waals surface area contributed by atoms with E-state index in [-0.39, 0.29) is 11.9 Å². The van der Waals surface area contributed by atoms with E-state index in [1.807, 2.05) is 33.2 Å². The van der Waals surface area contributed by atoms with Crippen molar-refractivity contribution in [3.05, 3.63) is 28.8 Å². The summed E-state index contributed by atoms with van der Waals surface area (Å²) in [7, 11) is 0. The number of fused-ring (bicyclic) bond motifs is 1. The summed E-state index contributed by atoms with van der Waals surface area (Å²) in [6.07, 6.45) is 3.79. The molecule has 0 aromatic carbocycles. The lowest BCUT2D eigenvalue weighted by molar-refractivity contribution is -0.121. The lowest BCUT2D eigenvalue weighted by Gasteiger charge is -2.31. The van der Waals surface area contributed by atoms with Gasteiger partial charge in [-0.25, -0.2) is 9.97 Å². The van der Waals surface area contributed by atoms with E-state index < -0.39 is 0 Å². The highest BCUT2D eigenvalue weighted by Gasteiger charge is 2.26. The maximum absolute atomic E-state index is 12.4. The average Bonchev–Trinajstić information content (AvgIpc) is 3.04. The van der Waals surface area contributed by atoms with Crippen LogP contribution in [0.3, 0.4) is 0 Å². The topological polar surface area (TPSA) is 63.1 Å². The van der Waals surface area contributed by atoms with Crippen molar-refractivity contribution in [3.63, 3.8) is 0 Å². The van der Waals surface area contributed by atoms with Gasteiger partial charge in [-0.2, -0.15) is 0 Å². The Balaban J connectivity index is 1.65. The van der Waals surface area contributed by atoms with Gasteiger partial charge in [0.05, 0.1) is 18.3 Å². The monoisotopic (exact) mass is 305 g/mol. The van der Waals surface area contributed by atoms with Crippen molar-refractivity contribution in [1.82, 2.24) is 19.4 Å². The third-order valence-corrected chi connectivity index (χ3v) is 4.95. The molecule has 21 heavy (non-hydrogen) atoms. The van der Waals surface area contributed by atoms with Crippen LogP contribution in [-0.4, -0.2) is 37.9 Å². The first-order valence-electron chi connectivity index (χ1n) is 7.03. The van der Waals surface area contributed by atoms with Gasteiger partial charge in [0, 0.05) is 30.4 Å². The van der Waals surface area contributed by atoms with Crippen LogP contribution < -0.4 is 5.32 Å². The maximum atomic E-state index is 12.4. The number of aromatic nitrogens is 3. The van der Waals surface area contributed by atoms with Crippen molar-refractivity contribution >= 4 is 22.4 Å². The van der Waals surface area contributed by atoms with Crippen LogP contribution in [0.5, 0.6) is 0 Å². The van der Waals surface area contributed by atoms with Crippen LogP contribution in [0.4, 0.5) is 5.13 Å². The van der Waals surface area contributed by atoms with Crippen molar-refractivity contribution in [3.8, 4) is 0 Å². The maximum Gasteiger partial charge on any atom is 0.243 e. The second kappa shape index (κ2) is 5.57. The number of carbonyl (C=O) groups is 1. The number of nitrogens with one attached hydrogen (secondary N) is 1. The predicted octanol–water partition coefficient (Wildman–Crippen LogP) is 1.80. The highest BCUT2D eigenvalue weighted by Crippen LogP contribution is 2.22. The Morgan fingerprint density at radius 3 is 2.95 bits per heavy atom. The Labute approximate surface area is 127 Å². The molecule has 1 atom stereocenters. The lowest BCUT2D eigenvalue weighted by Crippen LogP contribution is -2.45. The molecular weight excluding hydrogens is 286 g/mol. The summed E-state index contributed by atoms with van der Waals surface area (Å²) in [6, 6.07) is -0.194. The summed E-state index contributed by atoms with van der Waals surface area (Å²) in [4.78, 5) is 24.3. The molecule has 3 heterocycles. The summed E-state index contributed by atoms with van der Waals surface area (Å²) in [5, 5.41) is 3.60. The smallest absolute Gasteiger partial charge is 0.243 e. The van der Waals surface area contributed by atoms with Gasteiger partial charge in [-0.15, -0.1) is 11.3 Å². The van der Waals surface area contributed by atoms with Crippen LogP contribution in [-0.2, 0) is 17.9 Å². The molecule has 0 unspecified atom stereocenters. The Kier molecular flexibility index (Phi) is 3.77. The summed E-state index contributed by atoms with van der Waals surface area (Å²) in [5.41, 5.74) is 0.975. The lowest BCUT2D eigenvalue weighted by atomic mass is 10.2. The van der Waals surface area contributed by atoms with Crippen molar-refractivity contribution in [2.24, 2.45) is 0 Å². The molecule has 2 aromatic heterocycles. The SMILES string of the molecule is Cc1nc(NC(=O)[C@@H](C)N2CCn3ccnc3C2)sc1C. The fraction of sp³-hybridized carbons (Fsp3) is 0.500. The van der Waals surface area contributed by atoms with E-state index in [0.29, 0.717) is 11.7 Å². The number of thiazole rings is 1. The van der Waals surface area contributed by atoms with Gasteiger partial charge >= 0.3 is 0 Å². The predicted molar refractivity (Wildman–Crippen MR) is 82.3 cm³/mol. The molecule has 1 aliphatic heterocycles. The van der Waals surface area contributed by atoms with Crippen molar-refractivity contribution in [2.45, 2.75) is 39.9 Å². The van der Waals surface area contributed by atoms with Crippen molar-refractivity contribution in [1.29, 1.82) is 0 Å². The highest BCUT2D eigenvalue weighted by atomic mass is 32.1. The largest absolute Gasteiger partial charge is 0.333 e. The molecular formula is C14H19N5OS. The third kappa shape index (κ3) is 2.84. The number of aryl methyl sites for hydroxylation is 2. The molecule has 0 radical (unpaired) electrons. The van der Waals surface area contributed by atoms with Gasteiger partial charge in [-0.1, -0.05) is 0 Å². The van der Waals surface area contributed by atoms with Crippen LogP contribution in [0.25, 0.3) is 0 Å². The average molecular weight is 305 g/mol. The second-order valence-electron chi connectivity index (χ2n) is 5.33. The van der Waals surface area contributed by atoms with E-state index in [9.17, 15) is 4.79 Å². The normalized spacial score (nSPS) is 16.5. The zero-order chi connectivity index (χ0) is 15.0. The van der Waals surface area contributed by atoms with Gasteiger partial charge in [0.25, 0.3) is 0 Å². The van der Waals surface area contributed by atoms with Crippen LogP contribution in [0.15, 0.2) is 12.4 Å². The molecule has 3 rings (SSSR count).